The van der Waals surface area contributed by atoms with Gasteiger partial charge in [-0.2, -0.15) is 0 Å². The highest BCUT2D eigenvalue weighted by Crippen LogP contribution is 2.24. The van der Waals surface area contributed by atoms with E-state index in [2.05, 4.69) is 72.6 Å². The van der Waals surface area contributed by atoms with Crippen molar-refractivity contribution in [2.24, 2.45) is 4.99 Å². The minimum absolute atomic E-state index is 0.196. The summed E-state index contributed by atoms with van der Waals surface area (Å²) in [7, 11) is 1.92. The molecule has 1 amide bonds. The lowest BCUT2D eigenvalue weighted by atomic mass is 10.0. The summed E-state index contributed by atoms with van der Waals surface area (Å²) < 4.78 is 0.957. The smallest absolute Gasteiger partial charge is 0.251 e. The monoisotopic (exact) mass is 657 g/mol. The summed E-state index contributed by atoms with van der Waals surface area (Å²) in [5.41, 5.74) is 5.19. The number of carbonyl (C=O) groups is 1. The number of amides is 1. The average molecular weight is 659 g/mol. The van der Waals surface area contributed by atoms with E-state index in [1.807, 2.05) is 61.8 Å². The minimum atomic E-state index is -0.196. The first-order valence-electron chi connectivity index (χ1n) is 14.3. The molecule has 0 saturated carbocycles. The summed E-state index contributed by atoms with van der Waals surface area (Å²) in [5.74, 6) is 6.62. The van der Waals surface area contributed by atoms with E-state index in [4.69, 9.17) is 16.6 Å². The Kier molecular flexibility index (Phi) is 13.1. The molecule has 1 aliphatic heterocycles. The number of nitrogens with zero attached hydrogens (tertiary/aromatic N) is 2. The molecule has 0 saturated heterocycles. The van der Waals surface area contributed by atoms with Crippen LogP contribution in [0.5, 0.6) is 0 Å². The summed E-state index contributed by atoms with van der Waals surface area (Å²) in [6.07, 6.45) is 16.9. The van der Waals surface area contributed by atoms with E-state index < -0.39 is 0 Å². The van der Waals surface area contributed by atoms with E-state index in [0.29, 0.717) is 30.1 Å². The number of benzene rings is 2. The molecule has 0 bridgehead atoms. The minimum Gasteiger partial charge on any atom is -0.360 e. The molecule has 3 aromatic rings. The number of halogens is 2. The molecular formula is C35H37BrClN5O. The molecule has 0 spiro atoms. The van der Waals surface area contributed by atoms with Gasteiger partial charge >= 0.3 is 0 Å². The molecule has 3 N–H and O–H groups in total. The molecular weight excluding hydrogens is 622 g/mol. The number of allylic oxidation sites excluding steroid dienone is 3. The van der Waals surface area contributed by atoms with Gasteiger partial charge in [0, 0.05) is 77.4 Å². The van der Waals surface area contributed by atoms with Gasteiger partial charge < -0.3 is 15.6 Å². The van der Waals surface area contributed by atoms with E-state index in [1.165, 1.54) is 5.56 Å². The molecule has 2 heterocycles. The molecule has 0 atom stereocenters. The van der Waals surface area contributed by atoms with Crippen LogP contribution in [-0.4, -0.2) is 54.1 Å². The summed E-state index contributed by atoms with van der Waals surface area (Å²) >= 11 is 9.46. The van der Waals surface area contributed by atoms with Gasteiger partial charge in [-0.1, -0.05) is 82.4 Å². The number of alkyl halides is 1. The highest BCUT2D eigenvalue weighted by Gasteiger charge is 2.13. The fourth-order valence-electron chi connectivity index (χ4n) is 4.58. The fraction of sp³-hybridized carbons (Fsp3) is 0.257. The van der Waals surface area contributed by atoms with Gasteiger partial charge in [-0.3, -0.25) is 14.7 Å². The lowest BCUT2D eigenvalue weighted by Crippen LogP contribution is -2.27. The Bertz CT molecular complexity index is 1590. The maximum Gasteiger partial charge on any atom is 0.251 e. The molecule has 0 radical (unpaired) electrons. The van der Waals surface area contributed by atoms with Crippen LogP contribution in [0.15, 0.2) is 106 Å². The lowest BCUT2D eigenvalue weighted by molar-refractivity contribution is -0.117. The Morgan fingerprint density at radius 2 is 1.93 bits per heavy atom. The zero-order valence-corrected chi connectivity index (χ0v) is 26.7. The van der Waals surface area contributed by atoms with Gasteiger partial charge in [0.25, 0.3) is 5.91 Å². The van der Waals surface area contributed by atoms with E-state index in [-0.39, 0.29) is 5.91 Å². The largest absolute Gasteiger partial charge is 0.360 e. The number of H-pyrrole nitrogens is 1. The van der Waals surface area contributed by atoms with Crippen LogP contribution in [0.4, 0.5) is 0 Å². The van der Waals surface area contributed by atoms with Crippen molar-refractivity contribution in [2.45, 2.75) is 25.9 Å². The van der Waals surface area contributed by atoms with Crippen LogP contribution in [0.1, 0.15) is 29.5 Å². The molecule has 0 unspecified atom stereocenters. The first kappa shape index (κ1) is 32.2. The summed E-state index contributed by atoms with van der Waals surface area (Å²) in [5, 5.41) is 7.22. The fourth-order valence-corrected chi connectivity index (χ4v) is 5.02. The van der Waals surface area contributed by atoms with Gasteiger partial charge in [-0.25, -0.2) is 0 Å². The molecule has 8 heteroatoms. The van der Waals surface area contributed by atoms with Crippen molar-refractivity contribution < 1.29 is 4.79 Å². The van der Waals surface area contributed by atoms with E-state index in [0.717, 1.165) is 59.1 Å². The number of aliphatic imine (C=N–C) groups is 1. The van der Waals surface area contributed by atoms with Crippen LogP contribution in [0.25, 0.3) is 10.9 Å². The van der Waals surface area contributed by atoms with Crippen LogP contribution in [-0.2, 0) is 17.9 Å². The normalized spacial score (nSPS) is 14.5. The number of fused-ring (bicyclic) bond motifs is 1. The number of hydrogen-bond acceptors (Lipinski definition) is 4. The second-order valence-corrected chi connectivity index (χ2v) is 11.3. The van der Waals surface area contributed by atoms with Gasteiger partial charge in [0.1, 0.15) is 0 Å². The van der Waals surface area contributed by atoms with E-state index in [1.54, 1.807) is 12.3 Å². The highest BCUT2D eigenvalue weighted by molar-refractivity contribution is 9.10. The molecule has 222 valence electrons. The van der Waals surface area contributed by atoms with Crippen LogP contribution in [0.2, 0.25) is 0 Å². The Balaban J connectivity index is 1.59. The van der Waals surface area contributed by atoms with Gasteiger partial charge in [0.2, 0.25) is 0 Å². The number of carbonyl (C=O) groups excluding carboxylic acids is 1. The topological polar surface area (TPSA) is 72.5 Å². The molecule has 0 fully saturated rings. The maximum atomic E-state index is 13.6. The van der Waals surface area contributed by atoms with Crippen molar-refractivity contribution in [1.29, 1.82) is 0 Å². The first-order chi connectivity index (χ1) is 21.1. The van der Waals surface area contributed by atoms with Gasteiger partial charge in [0.15, 0.2) is 0 Å². The van der Waals surface area contributed by atoms with E-state index >= 15 is 0 Å². The van der Waals surface area contributed by atoms with Gasteiger partial charge in [-0.05, 0) is 48.9 Å². The lowest BCUT2D eigenvalue weighted by Gasteiger charge is -2.19. The Hall–Kier alpha value is -3.67. The van der Waals surface area contributed by atoms with Crippen molar-refractivity contribution in [3.05, 3.63) is 118 Å². The predicted octanol–water partition coefficient (Wildman–Crippen LogP) is 6.65. The second kappa shape index (κ2) is 17.4. The predicted molar refractivity (Wildman–Crippen MR) is 183 cm³/mol. The van der Waals surface area contributed by atoms with Gasteiger partial charge in [-0.15, -0.1) is 11.6 Å². The molecule has 4 rings (SSSR count). The van der Waals surface area contributed by atoms with Crippen molar-refractivity contribution in [3.63, 3.8) is 0 Å². The molecule has 6 nitrogen and oxygen atoms in total. The van der Waals surface area contributed by atoms with Crippen LogP contribution in [0, 0.1) is 11.8 Å². The quantitative estimate of drug-likeness (QED) is 0.0510. The number of nitrogens with one attached hydrogen (secondary N) is 3. The van der Waals surface area contributed by atoms with E-state index in [9.17, 15) is 4.79 Å². The zero-order chi connectivity index (χ0) is 30.3. The summed E-state index contributed by atoms with van der Waals surface area (Å²) in [4.78, 5) is 23.9. The summed E-state index contributed by atoms with van der Waals surface area (Å²) in [6.45, 7) is 3.94. The SMILES string of the molecule is CNCc1ccc(CNC(=O)C(/C=C/CC#CCN2CC=CCC2)=C/C(=N/C=C/CCl)c2c[nH]c3ccc(Br)cc23)cc1. The van der Waals surface area contributed by atoms with Crippen LogP contribution >= 0.6 is 27.5 Å². The Morgan fingerprint density at radius 1 is 1.12 bits per heavy atom. The zero-order valence-electron chi connectivity index (χ0n) is 24.4. The van der Waals surface area contributed by atoms with Gasteiger partial charge in [0.05, 0.1) is 12.3 Å². The summed E-state index contributed by atoms with van der Waals surface area (Å²) in [6, 6.07) is 14.2. The third kappa shape index (κ3) is 10.2. The molecule has 1 aliphatic rings. The third-order valence-corrected chi connectivity index (χ3v) is 7.50. The average Bonchev–Trinajstić information content (AvgIpc) is 3.44. The molecule has 2 aromatic carbocycles. The standard InChI is InChI=1S/C35H37BrClN5O/c1-38-24-27-11-13-28(14-12-27)25-41-35(43)29(10-5-2-3-6-19-42-20-7-4-8-21-42)22-34(39-18-9-17-37)32-26-40-33-16-15-30(36)23-31(32)33/h4-5,7,9-16,18,22-23,26,38,40H,2,8,17,19-21,24-25H2,1H3,(H,41,43)/b10-5+,18-9+,29-22+,39-34-. The second-order valence-electron chi connectivity index (χ2n) is 10.0. The van der Waals surface area contributed by atoms with Crippen LogP contribution in [0.3, 0.4) is 0 Å². The van der Waals surface area contributed by atoms with Crippen molar-refractivity contribution in [3.8, 4) is 11.8 Å². The van der Waals surface area contributed by atoms with Crippen molar-refractivity contribution >= 4 is 50.1 Å². The number of rotatable bonds is 12. The highest BCUT2D eigenvalue weighted by atomic mass is 79.9. The number of aromatic amines is 1. The molecule has 43 heavy (non-hydrogen) atoms. The Labute approximate surface area is 267 Å². The third-order valence-electron chi connectivity index (χ3n) is 6.83. The molecule has 1 aromatic heterocycles. The van der Waals surface area contributed by atoms with Crippen molar-refractivity contribution in [2.75, 3.05) is 32.6 Å². The maximum absolute atomic E-state index is 13.6. The number of hydrogen-bond donors (Lipinski definition) is 3. The molecule has 0 aliphatic carbocycles. The van der Waals surface area contributed by atoms with Crippen LogP contribution < -0.4 is 10.6 Å². The number of aromatic nitrogens is 1. The first-order valence-corrected chi connectivity index (χ1v) is 15.7. The van der Waals surface area contributed by atoms with Crippen molar-refractivity contribution in [1.82, 2.24) is 20.5 Å². The Morgan fingerprint density at radius 3 is 2.67 bits per heavy atom.